The van der Waals surface area contributed by atoms with Gasteiger partial charge in [-0.05, 0) is 39.5 Å². The average molecular weight is 351 g/mol. The first-order valence-corrected chi connectivity index (χ1v) is 7.67. The zero-order valence-electron chi connectivity index (χ0n) is 10.7. The Morgan fingerprint density at radius 2 is 1.95 bits per heavy atom. The molecular weight excluding hydrogens is 340 g/mol. The number of ketones is 1. The Kier molecular flexibility index (Phi) is 3.35. The van der Waals surface area contributed by atoms with E-state index in [4.69, 9.17) is 0 Å². The number of fused-ring (bicyclic) bond motifs is 1. The summed E-state index contributed by atoms with van der Waals surface area (Å²) in [7, 11) is 1.71. The lowest BCUT2D eigenvalue weighted by molar-refractivity contribution is 0.0975. The first-order valence-electron chi connectivity index (χ1n) is 6.00. The number of aryl methyl sites for hydroxylation is 1. The van der Waals surface area contributed by atoms with Crippen LogP contribution in [0, 0.1) is 0 Å². The van der Waals surface area contributed by atoms with E-state index >= 15 is 0 Å². The van der Waals surface area contributed by atoms with Gasteiger partial charge in [-0.25, -0.2) is 4.79 Å². The summed E-state index contributed by atoms with van der Waals surface area (Å²) >= 11 is 4.73. The maximum Gasteiger partial charge on any atom is 0.329 e. The lowest BCUT2D eigenvalue weighted by Crippen LogP contribution is -2.25. The highest BCUT2D eigenvalue weighted by Gasteiger charge is 2.16. The predicted molar refractivity (Wildman–Crippen MR) is 83.5 cm³/mol. The average Bonchev–Trinajstić information content (AvgIpc) is 2.97. The number of para-hydroxylation sites is 2. The van der Waals surface area contributed by atoms with Gasteiger partial charge < -0.3 is 0 Å². The van der Waals surface area contributed by atoms with Crippen LogP contribution in [0.4, 0.5) is 0 Å². The third-order valence-electron chi connectivity index (χ3n) is 3.22. The van der Waals surface area contributed by atoms with Gasteiger partial charge in [0, 0.05) is 11.5 Å². The molecule has 0 radical (unpaired) electrons. The number of carbonyl (C=O) groups is 1. The quantitative estimate of drug-likeness (QED) is 0.681. The predicted octanol–water partition coefficient (Wildman–Crippen LogP) is 3.05. The van der Waals surface area contributed by atoms with Gasteiger partial charge >= 0.3 is 5.69 Å². The fourth-order valence-corrected chi connectivity index (χ4v) is 3.75. The molecule has 0 saturated heterocycles. The Bertz CT molecular complexity index is 860. The lowest BCUT2D eigenvalue weighted by Gasteiger charge is -2.01. The van der Waals surface area contributed by atoms with Crippen LogP contribution in [0.25, 0.3) is 11.0 Å². The topological polar surface area (TPSA) is 44.0 Å². The Balaban J connectivity index is 2.08. The molecule has 0 aliphatic carbocycles. The Labute approximate surface area is 127 Å². The van der Waals surface area contributed by atoms with Gasteiger partial charge in [-0.1, -0.05) is 12.1 Å². The molecule has 0 unspecified atom stereocenters. The summed E-state index contributed by atoms with van der Waals surface area (Å²) in [5.41, 5.74) is 1.43. The van der Waals surface area contributed by atoms with Gasteiger partial charge in [0.1, 0.15) is 0 Å². The van der Waals surface area contributed by atoms with E-state index in [1.165, 1.54) is 15.9 Å². The molecule has 102 valence electrons. The van der Waals surface area contributed by atoms with E-state index in [1.807, 2.05) is 35.7 Å². The molecular formula is C14H11BrN2O2S. The van der Waals surface area contributed by atoms with Crippen molar-refractivity contribution in [1.29, 1.82) is 0 Å². The van der Waals surface area contributed by atoms with E-state index in [0.717, 1.165) is 15.5 Å². The SMILES string of the molecule is Cn1c(=O)n(CC(=O)c2sccc2Br)c2ccccc21. The number of Topliss-reactive ketones (excluding diaryl/α,β-unsaturated/α-hetero) is 1. The van der Waals surface area contributed by atoms with Crippen molar-refractivity contribution in [1.82, 2.24) is 9.13 Å². The van der Waals surface area contributed by atoms with Gasteiger partial charge in [0.05, 0.1) is 22.5 Å². The molecule has 0 saturated carbocycles. The molecule has 0 spiro atoms. The largest absolute Gasteiger partial charge is 0.329 e. The van der Waals surface area contributed by atoms with E-state index in [9.17, 15) is 9.59 Å². The number of hydrogen-bond donors (Lipinski definition) is 0. The molecule has 0 aliphatic rings. The van der Waals surface area contributed by atoms with Gasteiger partial charge in [-0.15, -0.1) is 11.3 Å². The van der Waals surface area contributed by atoms with Crippen LogP contribution in [0.2, 0.25) is 0 Å². The highest BCUT2D eigenvalue weighted by molar-refractivity contribution is 9.10. The Morgan fingerprint density at radius 3 is 2.60 bits per heavy atom. The minimum Gasteiger partial charge on any atom is -0.295 e. The monoisotopic (exact) mass is 350 g/mol. The van der Waals surface area contributed by atoms with Gasteiger partial charge in [0.25, 0.3) is 0 Å². The zero-order chi connectivity index (χ0) is 14.3. The molecule has 0 amide bonds. The number of hydrogen-bond acceptors (Lipinski definition) is 3. The molecule has 3 rings (SSSR count). The fraction of sp³-hybridized carbons (Fsp3) is 0.143. The molecule has 2 heterocycles. The maximum absolute atomic E-state index is 12.3. The highest BCUT2D eigenvalue weighted by atomic mass is 79.9. The van der Waals surface area contributed by atoms with E-state index in [1.54, 1.807) is 11.6 Å². The van der Waals surface area contributed by atoms with E-state index < -0.39 is 0 Å². The van der Waals surface area contributed by atoms with Crippen LogP contribution < -0.4 is 5.69 Å². The molecule has 20 heavy (non-hydrogen) atoms. The van der Waals surface area contributed by atoms with Crippen LogP contribution in [0.3, 0.4) is 0 Å². The van der Waals surface area contributed by atoms with Crippen molar-refractivity contribution in [3.8, 4) is 0 Å². The number of nitrogens with zero attached hydrogens (tertiary/aromatic N) is 2. The van der Waals surface area contributed by atoms with Crippen molar-refractivity contribution in [3.63, 3.8) is 0 Å². The summed E-state index contributed by atoms with van der Waals surface area (Å²) in [6.45, 7) is 0.0549. The summed E-state index contributed by atoms with van der Waals surface area (Å²) < 4.78 is 3.86. The Hall–Kier alpha value is -1.66. The van der Waals surface area contributed by atoms with Crippen molar-refractivity contribution in [3.05, 3.63) is 55.5 Å². The number of aromatic nitrogens is 2. The number of rotatable bonds is 3. The fourth-order valence-electron chi connectivity index (χ4n) is 2.22. The van der Waals surface area contributed by atoms with E-state index in [2.05, 4.69) is 15.9 Å². The van der Waals surface area contributed by atoms with Crippen molar-refractivity contribution < 1.29 is 4.79 Å². The number of thiophene rings is 1. The second-order valence-corrected chi connectivity index (χ2v) is 6.21. The van der Waals surface area contributed by atoms with E-state index in [0.29, 0.717) is 4.88 Å². The van der Waals surface area contributed by atoms with Gasteiger partial charge in [0.2, 0.25) is 0 Å². The number of halogens is 1. The van der Waals surface area contributed by atoms with Gasteiger partial charge in [0.15, 0.2) is 5.78 Å². The molecule has 0 fully saturated rings. The van der Waals surface area contributed by atoms with Crippen LogP contribution in [0.5, 0.6) is 0 Å². The molecule has 0 atom stereocenters. The molecule has 6 heteroatoms. The summed E-state index contributed by atoms with van der Waals surface area (Å²) in [5, 5.41) is 1.85. The van der Waals surface area contributed by atoms with Crippen LogP contribution in [-0.4, -0.2) is 14.9 Å². The first-order chi connectivity index (χ1) is 9.59. The molecule has 0 aliphatic heterocycles. The second kappa shape index (κ2) is 5.03. The maximum atomic E-state index is 12.3. The molecule has 3 aromatic rings. The summed E-state index contributed by atoms with van der Waals surface area (Å²) in [6, 6.07) is 9.31. The smallest absolute Gasteiger partial charge is 0.295 e. The van der Waals surface area contributed by atoms with Crippen LogP contribution in [0.15, 0.2) is 45.0 Å². The summed E-state index contributed by atoms with van der Waals surface area (Å²) in [4.78, 5) is 25.2. The first kappa shape index (κ1) is 13.3. The Morgan fingerprint density at radius 1 is 1.25 bits per heavy atom. The normalized spacial score (nSPS) is 11.1. The number of imidazole rings is 1. The van der Waals surface area contributed by atoms with Crippen molar-refractivity contribution >= 4 is 44.1 Å². The third kappa shape index (κ3) is 2.05. The zero-order valence-corrected chi connectivity index (χ0v) is 13.1. The van der Waals surface area contributed by atoms with Crippen molar-refractivity contribution in [2.24, 2.45) is 7.05 Å². The highest BCUT2D eigenvalue weighted by Crippen LogP contribution is 2.24. The van der Waals surface area contributed by atoms with Crippen molar-refractivity contribution in [2.45, 2.75) is 6.54 Å². The molecule has 2 aromatic heterocycles. The lowest BCUT2D eigenvalue weighted by atomic mass is 10.3. The molecule has 1 aromatic carbocycles. The van der Waals surface area contributed by atoms with Gasteiger partial charge in [-0.2, -0.15) is 0 Å². The molecule has 0 N–H and O–H groups in total. The summed E-state index contributed by atoms with van der Waals surface area (Å²) in [5.74, 6) is -0.0645. The third-order valence-corrected chi connectivity index (χ3v) is 5.10. The molecule has 0 bridgehead atoms. The number of benzene rings is 1. The second-order valence-electron chi connectivity index (χ2n) is 4.44. The van der Waals surface area contributed by atoms with Crippen molar-refractivity contribution in [2.75, 3.05) is 0 Å². The van der Waals surface area contributed by atoms with Crippen LogP contribution in [-0.2, 0) is 13.6 Å². The van der Waals surface area contributed by atoms with Crippen LogP contribution in [0.1, 0.15) is 9.67 Å². The number of carbonyl (C=O) groups excluding carboxylic acids is 1. The van der Waals surface area contributed by atoms with E-state index in [-0.39, 0.29) is 18.0 Å². The standard InChI is InChI=1S/C14H11BrN2O2S/c1-16-10-4-2-3-5-11(10)17(14(16)19)8-12(18)13-9(15)6-7-20-13/h2-7H,8H2,1H3. The molecule has 4 nitrogen and oxygen atoms in total. The van der Waals surface area contributed by atoms with Gasteiger partial charge in [-0.3, -0.25) is 13.9 Å². The summed E-state index contributed by atoms with van der Waals surface area (Å²) in [6.07, 6.45) is 0. The minimum absolute atomic E-state index is 0.0549. The van der Waals surface area contributed by atoms with Crippen LogP contribution >= 0.6 is 27.3 Å². The minimum atomic E-state index is -0.174.